The van der Waals surface area contributed by atoms with Crippen molar-refractivity contribution >= 4 is 0 Å². The molecule has 4 aliphatic rings. The van der Waals surface area contributed by atoms with E-state index in [4.69, 9.17) is 0 Å². The topological polar surface area (TPSA) is 13.0 Å². The Morgan fingerprint density at radius 3 is 1.15 bits per heavy atom. The lowest BCUT2D eigenvalue weighted by Gasteiger charge is -2.37. The van der Waals surface area contributed by atoms with Gasteiger partial charge in [-0.25, -0.2) is 0 Å². The monoisotopic (exact) mass is 274 g/mol. The van der Waals surface area contributed by atoms with Crippen LogP contribution in [0.2, 0.25) is 0 Å². The molecule has 4 rings (SSSR count). The lowest BCUT2D eigenvalue weighted by atomic mass is 10.2. The lowest BCUT2D eigenvalue weighted by molar-refractivity contribution is 0.134. The van der Waals surface area contributed by atoms with E-state index in [2.05, 4.69) is 32.8 Å². The third kappa shape index (κ3) is 1.60. The molecule has 0 aromatic rings. The quantitative estimate of drug-likeness (QED) is 0.671. The van der Waals surface area contributed by atoms with Crippen LogP contribution in [-0.4, -0.2) is 58.1 Å². The van der Waals surface area contributed by atoms with E-state index in [1.54, 1.807) is 0 Å². The molecule has 4 bridgehead atoms. The molecule has 4 heterocycles. The Hall–Kier alpha value is -1.32. The Morgan fingerprint density at radius 1 is 0.550 bits per heavy atom. The van der Waals surface area contributed by atoms with Crippen LogP contribution in [0.3, 0.4) is 0 Å². The fourth-order valence-corrected chi connectivity index (χ4v) is 4.45. The molecule has 0 aliphatic carbocycles. The van der Waals surface area contributed by atoms with E-state index in [-0.39, 0.29) is 0 Å². The van der Waals surface area contributed by atoms with Gasteiger partial charge in [-0.3, -0.25) is 0 Å². The summed E-state index contributed by atoms with van der Waals surface area (Å²) in [4.78, 5) is 10.2. The van der Waals surface area contributed by atoms with Gasteiger partial charge in [0.05, 0.1) is 11.6 Å². The molecule has 0 atom stereocenters. The summed E-state index contributed by atoms with van der Waals surface area (Å²) < 4.78 is 0. The van der Waals surface area contributed by atoms with Gasteiger partial charge in [-0.05, 0) is 38.5 Å². The van der Waals surface area contributed by atoms with Crippen LogP contribution in [0, 0.1) is 0 Å². The molecule has 4 heteroatoms. The molecule has 110 valence electrons. The van der Waals surface area contributed by atoms with Gasteiger partial charge in [0.25, 0.3) is 0 Å². The maximum Gasteiger partial charge on any atom is 0.144 e. The molecule has 4 saturated heterocycles. The highest BCUT2D eigenvalue weighted by molar-refractivity contribution is 5.20. The zero-order valence-corrected chi connectivity index (χ0v) is 12.4. The summed E-state index contributed by atoms with van der Waals surface area (Å²) in [6.07, 6.45) is 8.83. The first kappa shape index (κ1) is 12.4. The average Bonchev–Trinajstić information content (AvgIpc) is 2.87. The second kappa shape index (κ2) is 4.61. The summed E-state index contributed by atoms with van der Waals surface area (Å²) in [5.74, 6) is 2.51. The molecule has 0 spiro atoms. The molecule has 0 amide bonds. The highest BCUT2D eigenvalue weighted by atomic mass is 15.7. The molecule has 0 saturated carbocycles. The second-order valence-corrected chi connectivity index (χ2v) is 6.55. The zero-order valence-electron chi connectivity index (χ0n) is 12.4. The van der Waals surface area contributed by atoms with Gasteiger partial charge in [-0.2, -0.15) is 0 Å². The van der Waals surface area contributed by atoms with Crippen molar-refractivity contribution in [2.45, 2.75) is 50.9 Å². The Morgan fingerprint density at radius 2 is 0.850 bits per heavy atom. The lowest BCUT2D eigenvalue weighted by Crippen LogP contribution is -2.45. The Labute approximate surface area is 122 Å². The molecule has 20 heavy (non-hydrogen) atoms. The maximum atomic E-state index is 4.40. The van der Waals surface area contributed by atoms with Crippen molar-refractivity contribution in [1.82, 2.24) is 19.6 Å². The second-order valence-electron chi connectivity index (χ2n) is 6.55. The van der Waals surface area contributed by atoms with Crippen molar-refractivity contribution in [2.24, 2.45) is 0 Å². The first-order valence-electron chi connectivity index (χ1n) is 8.23. The van der Waals surface area contributed by atoms with E-state index in [9.17, 15) is 0 Å². The fraction of sp³-hybridized carbons (Fsp3) is 0.750. The van der Waals surface area contributed by atoms with Gasteiger partial charge in [-0.15, -0.1) is 0 Å². The van der Waals surface area contributed by atoms with Gasteiger partial charge in [0.1, 0.15) is 12.3 Å². The number of hydrogen-bond donors (Lipinski definition) is 0. The maximum absolute atomic E-state index is 4.40. The van der Waals surface area contributed by atoms with Gasteiger partial charge < -0.3 is 19.6 Å². The highest BCUT2D eigenvalue weighted by Crippen LogP contribution is 2.43. The third-order valence-electron chi connectivity index (χ3n) is 5.47. The Bertz CT molecular complexity index is 360. The predicted molar refractivity (Wildman–Crippen MR) is 80.4 cm³/mol. The van der Waals surface area contributed by atoms with E-state index in [1.807, 2.05) is 0 Å². The van der Waals surface area contributed by atoms with E-state index in [0.717, 1.165) is 26.2 Å². The van der Waals surface area contributed by atoms with Crippen molar-refractivity contribution in [3.8, 4) is 0 Å². The smallest absolute Gasteiger partial charge is 0.144 e. The van der Waals surface area contributed by atoms with Crippen LogP contribution < -0.4 is 0 Å². The van der Waals surface area contributed by atoms with Crippen molar-refractivity contribution < 1.29 is 0 Å². The first-order chi connectivity index (χ1) is 9.79. The first-order valence-corrected chi connectivity index (χ1v) is 8.23. The highest BCUT2D eigenvalue weighted by Gasteiger charge is 2.54. The van der Waals surface area contributed by atoms with Crippen LogP contribution in [0.5, 0.6) is 0 Å². The third-order valence-corrected chi connectivity index (χ3v) is 5.47. The fourth-order valence-electron chi connectivity index (χ4n) is 4.45. The molecule has 4 fully saturated rings. The van der Waals surface area contributed by atoms with Crippen molar-refractivity contribution in [1.29, 1.82) is 0 Å². The summed E-state index contributed by atoms with van der Waals surface area (Å²) in [6, 6.07) is 0. The van der Waals surface area contributed by atoms with Gasteiger partial charge in [-0.1, -0.05) is 13.2 Å². The molecular weight excluding hydrogens is 248 g/mol. The van der Waals surface area contributed by atoms with Gasteiger partial charge >= 0.3 is 0 Å². The average molecular weight is 274 g/mol. The van der Waals surface area contributed by atoms with Gasteiger partial charge in [0.2, 0.25) is 0 Å². The summed E-state index contributed by atoms with van der Waals surface area (Å²) in [7, 11) is 0. The van der Waals surface area contributed by atoms with E-state index < -0.39 is 0 Å². The number of hydrogen-bond acceptors (Lipinski definition) is 4. The van der Waals surface area contributed by atoms with Crippen LogP contribution in [-0.2, 0) is 0 Å². The number of fused-ring (bicyclic) bond motifs is 9. The predicted octanol–water partition coefficient (Wildman–Crippen LogP) is 2.18. The van der Waals surface area contributed by atoms with Crippen molar-refractivity contribution in [2.75, 3.05) is 26.2 Å². The molecule has 0 radical (unpaired) electrons. The molecule has 0 N–H and O–H groups in total. The molecule has 0 aromatic carbocycles. The van der Waals surface area contributed by atoms with E-state index in [1.165, 1.54) is 50.2 Å². The molecule has 0 aromatic heterocycles. The van der Waals surface area contributed by atoms with Crippen molar-refractivity contribution in [3.63, 3.8) is 0 Å². The van der Waals surface area contributed by atoms with Crippen LogP contribution in [0.15, 0.2) is 24.8 Å². The largest absolute Gasteiger partial charge is 0.335 e. The van der Waals surface area contributed by atoms with Crippen LogP contribution in [0.4, 0.5) is 0 Å². The molecule has 4 nitrogen and oxygen atoms in total. The number of nitrogens with zero attached hydrogens (tertiary/aromatic N) is 4. The number of rotatable bonds is 0. The van der Waals surface area contributed by atoms with Gasteiger partial charge in [0, 0.05) is 26.2 Å². The minimum absolute atomic E-state index is 0.464. The van der Waals surface area contributed by atoms with E-state index in [0.29, 0.717) is 12.3 Å². The summed E-state index contributed by atoms with van der Waals surface area (Å²) in [6.45, 7) is 13.4. The molecule has 4 aliphatic heterocycles. The van der Waals surface area contributed by atoms with Crippen LogP contribution >= 0.6 is 0 Å². The minimum atomic E-state index is 0.464. The minimum Gasteiger partial charge on any atom is -0.335 e. The summed E-state index contributed by atoms with van der Waals surface area (Å²) in [5.41, 5.74) is 0. The Balaban J connectivity index is 1.74. The van der Waals surface area contributed by atoms with Crippen LogP contribution in [0.25, 0.3) is 0 Å². The molecule has 0 unspecified atom stereocenters. The zero-order chi connectivity index (χ0) is 13.7. The summed E-state index contributed by atoms with van der Waals surface area (Å²) >= 11 is 0. The normalized spacial score (nSPS) is 33.8. The van der Waals surface area contributed by atoms with Gasteiger partial charge in [0.15, 0.2) is 0 Å². The van der Waals surface area contributed by atoms with Crippen molar-refractivity contribution in [3.05, 3.63) is 24.8 Å². The standard InChI is InChI=1S/C16H26N4/c1-13-17-9-5-3-6-10-18(13)16-15(17)19-11-7-4-8-12-20(16)14(19)2/h15-16H,1-12H2. The van der Waals surface area contributed by atoms with E-state index >= 15 is 0 Å². The van der Waals surface area contributed by atoms with Crippen LogP contribution in [0.1, 0.15) is 38.5 Å². The summed E-state index contributed by atoms with van der Waals surface area (Å²) in [5, 5.41) is 0. The SMILES string of the molecule is C=C1N2CCCCCN1C1C2N2CCCCCN1C2=C. The molecular formula is C16H26N4. The Kier molecular flexibility index (Phi) is 2.86.